The lowest BCUT2D eigenvalue weighted by Gasteiger charge is -2.17. The third kappa shape index (κ3) is 4.80. The summed E-state index contributed by atoms with van der Waals surface area (Å²) in [6, 6.07) is 10.7. The van der Waals surface area contributed by atoms with Crippen molar-refractivity contribution in [2.24, 2.45) is 0 Å². The third-order valence-electron chi connectivity index (χ3n) is 5.68. The summed E-state index contributed by atoms with van der Waals surface area (Å²) in [5, 5.41) is 10.7. The third-order valence-corrected chi connectivity index (χ3v) is 5.68. The molecule has 3 heterocycles. The molecule has 0 saturated carbocycles. The van der Waals surface area contributed by atoms with Crippen molar-refractivity contribution in [3.8, 4) is 23.0 Å². The Kier molecular flexibility index (Phi) is 6.56. The average molecular weight is 511 g/mol. The van der Waals surface area contributed by atoms with Crippen LogP contribution in [0.4, 0.5) is 17.2 Å². The van der Waals surface area contributed by atoms with Crippen molar-refractivity contribution >= 4 is 39.6 Å². The summed E-state index contributed by atoms with van der Waals surface area (Å²) in [5.74, 6) is 2.21. The molecule has 12 heteroatoms. The number of rotatable bonds is 8. The van der Waals surface area contributed by atoms with Gasteiger partial charge in [-0.2, -0.15) is 5.10 Å². The van der Waals surface area contributed by atoms with Crippen molar-refractivity contribution < 1.29 is 19.0 Å². The fraction of sp³-hybridized carbons (Fsp3) is 0.154. The van der Waals surface area contributed by atoms with Gasteiger partial charge in [-0.15, -0.1) is 0 Å². The minimum Gasteiger partial charge on any atom is -0.494 e. The van der Waals surface area contributed by atoms with E-state index >= 15 is 0 Å². The summed E-state index contributed by atoms with van der Waals surface area (Å²) in [5.41, 5.74) is 3.17. The number of amides is 1. The molecule has 0 fully saturated rings. The van der Waals surface area contributed by atoms with E-state index in [1.54, 1.807) is 48.2 Å². The van der Waals surface area contributed by atoms with Crippen LogP contribution >= 0.6 is 0 Å². The van der Waals surface area contributed by atoms with E-state index in [-0.39, 0.29) is 6.54 Å². The Morgan fingerprint density at radius 1 is 1.00 bits per heavy atom. The number of pyridine rings is 1. The van der Waals surface area contributed by atoms with Gasteiger partial charge in [0, 0.05) is 29.8 Å². The Hall–Kier alpha value is -5.44. The largest absolute Gasteiger partial charge is 0.494 e. The van der Waals surface area contributed by atoms with Gasteiger partial charge in [-0.25, -0.2) is 26.0 Å². The smallest absolute Gasteiger partial charge is 0.304 e. The maximum absolute atomic E-state index is 12.1. The minimum atomic E-state index is -0.444. The molecule has 0 radical (unpaired) electrons. The SMILES string of the molecule is [C-]#[N+]CC(=O)Nc1cc2c(Nc3cc(C)c(Oc4ccn5ncnc5c4)cc3OC)ncnc2cc1OC. The van der Waals surface area contributed by atoms with E-state index in [1.807, 2.05) is 13.0 Å². The molecule has 0 aliphatic heterocycles. The molecule has 2 aromatic carbocycles. The van der Waals surface area contributed by atoms with Gasteiger partial charge >= 0.3 is 5.91 Å². The quantitative estimate of drug-likeness (QED) is 0.292. The van der Waals surface area contributed by atoms with Crippen LogP contribution in [0.1, 0.15) is 5.56 Å². The average Bonchev–Trinajstić information content (AvgIpc) is 3.38. The first kappa shape index (κ1) is 24.3. The zero-order valence-electron chi connectivity index (χ0n) is 20.7. The van der Waals surface area contributed by atoms with E-state index in [0.29, 0.717) is 56.7 Å². The first-order valence-corrected chi connectivity index (χ1v) is 11.4. The molecule has 190 valence electrons. The molecule has 0 aliphatic carbocycles. The minimum absolute atomic E-state index is 0.296. The molecule has 5 rings (SSSR count). The van der Waals surface area contributed by atoms with Crippen molar-refractivity contribution in [1.29, 1.82) is 0 Å². The van der Waals surface area contributed by atoms with Crippen molar-refractivity contribution in [3.05, 3.63) is 72.2 Å². The highest BCUT2D eigenvalue weighted by Crippen LogP contribution is 2.38. The monoisotopic (exact) mass is 510 g/mol. The van der Waals surface area contributed by atoms with Gasteiger partial charge < -0.3 is 29.7 Å². The van der Waals surface area contributed by atoms with E-state index in [1.165, 1.54) is 19.8 Å². The normalized spacial score (nSPS) is 10.7. The van der Waals surface area contributed by atoms with Crippen LogP contribution in [-0.2, 0) is 4.79 Å². The molecule has 3 aromatic heterocycles. The Bertz CT molecular complexity index is 1710. The molecule has 0 bridgehead atoms. The van der Waals surface area contributed by atoms with Gasteiger partial charge in [0.1, 0.15) is 41.5 Å². The molecule has 0 atom stereocenters. The van der Waals surface area contributed by atoms with Crippen molar-refractivity contribution in [2.45, 2.75) is 6.92 Å². The Labute approximate surface area is 217 Å². The van der Waals surface area contributed by atoms with Crippen LogP contribution in [0.15, 0.2) is 55.2 Å². The lowest BCUT2D eigenvalue weighted by atomic mass is 10.1. The first-order valence-electron chi connectivity index (χ1n) is 11.4. The van der Waals surface area contributed by atoms with Crippen LogP contribution in [0, 0.1) is 13.5 Å². The van der Waals surface area contributed by atoms with Gasteiger partial charge in [0.15, 0.2) is 5.65 Å². The Morgan fingerprint density at radius 2 is 1.82 bits per heavy atom. The topological polar surface area (TPSA) is 129 Å². The van der Waals surface area contributed by atoms with E-state index in [9.17, 15) is 4.79 Å². The van der Waals surface area contributed by atoms with Gasteiger partial charge in [0.2, 0.25) is 0 Å². The van der Waals surface area contributed by atoms with Crippen LogP contribution in [0.5, 0.6) is 23.0 Å². The summed E-state index contributed by atoms with van der Waals surface area (Å²) >= 11 is 0. The van der Waals surface area contributed by atoms with Gasteiger partial charge in [0.25, 0.3) is 6.54 Å². The molecule has 0 spiro atoms. The predicted molar refractivity (Wildman–Crippen MR) is 140 cm³/mol. The lowest BCUT2D eigenvalue weighted by molar-refractivity contribution is -0.114. The second-order valence-corrected chi connectivity index (χ2v) is 8.13. The number of carbonyl (C=O) groups excluding carboxylic acids is 1. The molecule has 0 aliphatic rings. The number of carbonyl (C=O) groups is 1. The fourth-order valence-corrected chi connectivity index (χ4v) is 3.87. The number of aromatic nitrogens is 5. The Balaban J connectivity index is 1.48. The number of hydrogen-bond acceptors (Lipinski definition) is 9. The predicted octanol–water partition coefficient (Wildman–Crippen LogP) is 4.39. The number of methoxy groups -OCH3 is 2. The summed E-state index contributed by atoms with van der Waals surface area (Å²) < 4.78 is 18.8. The summed E-state index contributed by atoms with van der Waals surface area (Å²) in [4.78, 5) is 28.1. The molecule has 2 N–H and O–H groups in total. The highest BCUT2D eigenvalue weighted by Gasteiger charge is 2.16. The molecular weight excluding hydrogens is 488 g/mol. The van der Waals surface area contributed by atoms with Gasteiger partial charge in [-0.05, 0) is 30.7 Å². The maximum Gasteiger partial charge on any atom is 0.304 e. The number of ether oxygens (including phenoxy) is 3. The molecule has 1 amide bonds. The molecule has 5 aromatic rings. The second-order valence-electron chi connectivity index (χ2n) is 8.13. The van der Waals surface area contributed by atoms with Crippen molar-refractivity contribution in [1.82, 2.24) is 24.6 Å². The number of nitrogens with one attached hydrogen (secondary N) is 2. The zero-order chi connectivity index (χ0) is 26.6. The number of aryl methyl sites for hydroxylation is 1. The number of hydrogen-bond donors (Lipinski definition) is 2. The summed E-state index contributed by atoms with van der Waals surface area (Å²) in [6.07, 6.45) is 4.68. The van der Waals surface area contributed by atoms with E-state index in [2.05, 4.69) is 35.5 Å². The fourth-order valence-electron chi connectivity index (χ4n) is 3.87. The van der Waals surface area contributed by atoms with E-state index < -0.39 is 5.91 Å². The van der Waals surface area contributed by atoms with Gasteiger partial charge in [-0.3, -0.25) is 4.79 Å². The van der Waals surface area contributed by atoms with Crippen LogP contribution < -0.4 is 24.8 Å². The van der Waals surface area contributed by atoms with Crippen LogP contribution in [0.25, 0.3) is 21.4 Å². The number of anilines is 3. The number of fused-ring (bicyclic) bond motifs is 2. The van der Waals surface area contributed by atoms with Crippen LogP contribution in [0.2, 0.25) is 0 Å². The van der Waals surface area contributed by atoms with Crippen LogP contribution in [0.3, 0.4) is 0 Å². The standard InChI is InChI=1S/C26H22N8O4/c1-15-7-19(23(37-4)11-21(15)38-16-5-6-34-24(8-16)29-14-31-34)33-26-17-9-20(32-25(35)12-27-2)22(36-3)10-18(17)28-13-30-26/h5-11,13-14H,12H2,1,3-4H3,(H,32,35)(H,28,30,33). The second kappa shape index (κ2) is 10.3. The molecule has 0 unspecified atom stereocenters. The van der Waals surface area contributed by atoms with Crippen molar-refractivity contribution in [2.75, 3.05) is 31.4 Å². The summed E-state index contributed by atoms with van der Waals surface area (Å²) in [6.45, 7) is 8.55. The number of nitrogens with zero attached hydrogens (tertiary/aromatic N) is 6. The van der Waals surface area contributed by atoms with Gasteiger partial charge in [0.05, 0.1) is 31.1 Å². The number of benzene rings is 2. The molecule has 38 heavy (non-hydrogen) atoms. The molecular formula is C26H22N8O4. The van der Waals surface area contributed by atoms with Crippen molar-refractivity contribution in [3.63, 3.8) is 0 Å². The molecule has 12 nitrogen and oxygen atoms in total. The maximum atomic E-state index is 12.1. The van der Waals surface area contributed by atoms with Gasteiger partial charge in [-0.1, -0.05) is 0 Å². The zero-order valence-corrected chi connectivity index (χ0v) is 20.7. The summed E-state index contributed by atoms with van der Waals surface area (Å²) in [7, 11) is 3.06. The molecule has 0 saturated heterocycles. The lowest BCUT2D eigenvalue weighted by Crippen LogP contribution is -2.14. The highest BCUT2D eigenvalue weighted by atomic mass is 16.5. The Morgan fingerprint density at radius 3 is 2.61 bits per heavy atom. The van der Waals surface area contributed by atoms with E-state index in [4.69, 9.17) is 20.8 Å². The van der Waals surface area contributed by atoms with Crippen LogP contribution in [-0.4, -0.2) is 51.2 Å². The first-order chi connectivity index (χ1) is 18.5. The highest BCUT2D eigenvalue weighted by molar-refractivity contribution is 6.00. The van der Waals surface area contributed by atoms with E-state index in [0.717, 1.165) is 5.56 Å².